The number of aromatic nitrogens is 2. The minimum Gasteiger partial charge on any atom is -0.332 e. The number of H-pyrrole nitrogens is 1. The van der Waals surface area contributed by atoms with Gasteiger partial charge in [-0.25, -0.2) is 4.39 Å². The molecule has 0 bridgehead atoms. The lowest BCUT2D eigenvalue weighted by atomic mass is 10.2. The van der Waals surface area contributed by atoms with Crippen molar-refractivity contribution in [3.8, 4) is 0 Å². The molecule has 0 atom stereocenters. The van der Waals surface area contributed by atoms with E-state index in [1.165, 1.54) is 17.0 Å². The number of benzene rings is 1. The second-order valence-corrected chi connectivity index (χ2v) is 6.51. The van der Waals surface area contributed by atoms with Gasteiger partial charge < -0.3 is 9.80 Å². The molecular weight excluding hydrogens is 400 g/mol. The van der Waals surface area contributed by atoms with E-state index in [0.717, 1.165) is 13.1 Å². The Bertz CT molecular complexity index is 805. The number of nitrogens with one attached hydrogen (secondary N) is 1. The van der Waals surface area contributed by atoms with Crippen molar-refractivity contribution in [3.63, 3.8) is 0 Å². The standard InChI is InChI=1S/C18H21ClF4N4O/c1-3-26(4-2)8-9-27(11-12-6-5-7-13(20)16(12)19)17(28)14-10-15(25-24-14)18(21,22)23/h5-7,10H,3-4,8-9,11H2,1-2H3,(H,24,25). The Morgan fingerprint density at radius 2 is 1.89 bits per heavy atom. The van der Waals surface area contributed by atoms with Crippen LogP contribution in [-0.4, -0.2) is 52.1 Å². The van der Waals surface area contributed by atoms with Crippen LogP contribution >= 0.6 is 11.6 Å². The van der Waals surface area contributed by atoms with Crippen LogP contribution < -0.4 is 0 Å². The van der Waals surface area contributed by atoms with Crippen molar-refractivity contribution in [2.75, 3.05) is 26.2 Å². The van der Waals surface area contributed by atoms with Gasteiger partial charge in [0.2, 0.25) is 0 Å². The Hall–Kier alpha value is -2.13. The molecule has 1 aromatic heterocycles. The Labute approximate surface area is 165 Å². The summed E-state index contributed by atoms with van der Waals surface area (Å²) in [6.07, 6.45) is -4.64. The molecule has 1 aromatic carbocycles. The molecule has 0 spiro atoms. The lowest BCUT2D eigenvalue weighted by Crippen LogP contribution is -2.38. The summed E-state index contributed by atoms with van der Waals surface area (Å²) in [5.74, 6) is -1.33. The first-order valence-electron chi connectivity index (χ1n) is 8.74. The van der Waals surface area contributed by atoms with Crippen molar-refractivity contribution in [3.05, 3.63) is 52.1 Å². The molecule has 0 saturated heterocycles. The number of amides is 1. The Kier molecular flexibility index (Phi) is 7.42. The van der Waals surface area contributed by atoms with Crippen molar-refractivity contribution in [2.45, 2.75) is 26.6 Å². The maximum absolute atomic E-state index is 13.7. The highest BCUT2D eigenvalue weighted by Crippen LogP contribution is 2.28. The number of likely N-dealkylation sites (N-methyl/N-ethyl adjacent to an activating group) is 1. The zero-order chi connectivity index (χ0) is 20.9. The van der Waals surface area contributed by atoms with E-state index in [2.05, 4.69) is 10.00 Å². The Balaban J connectivity index is 2.27. The number of alkyl halides is 3. The van der Waals surface area contributed by atoms with Crippen molar-refractivity contribution in [1.29, 1.82) is 0 Å². The highest BCUT2D eigenvalue weighted by Gasteiger charge is 2.34. The molecule has 0 fully saturated rings. The van der Waals surface area contributed by atoms with Gasteiger partial charge in [0.25, 0.3) is 5.91 Å². The van der Waals surface area contributed by atoms with Crippen molar-refractivity contribution in [2.24, 2.45) is 0 Å². The predicted molar refractivity (Wildman–Crippen MR) is 97.5 cm³/mol. The zero-order valence-corrected chi connectivity index (χ0v) is 16.2. The van der Waals surface area contributed by atoms with Crippen LogP contribution in [0.15, 0.2) is 24.3 Å². The molecule has 2 rings (SSSR count). The number of rotatable bonds is 8. The molecule has 0 aliphatic rings. The molecular formula is C18H21ClF4N4O. The van der Waals surface area contributed by atoms with Gasteiger partial charge in [-0.3, -0.25) is 9.89 Å². The largest absolute Gasteiger partial charge is 0.432 e. The smallest absolute Gasteiger partial charge is 0.332 e. The molecule has 0 unspecified atom stereocenters. The average Bonchev–Trinajstić information content (AvgIpc) is 3.15. The van der Waals surface area contributed by atoms with E-state index < -0.39 is 23.6 Å². The number of carbonyl (C=O) groups is 1. The summed E-state index contributed by atoms with van der Waals surface area (Å²) in [5, 5.41) is 5.21. The summed E-state index contributed by atoms with van der Waals surface area (Å²) >= 11 is 5.98. The SMILES string of the molecule is CCN(CC)CCN(Cc1cccc(F)c1Cl)C(=O)c1cc(C(F)(F)F)[nH]n1. The molecule has 0 aliphatic heterocycles. The molecule has 154 valence electrons. The first kappa shape index (κ1) is 22.2. The predicted octanol–water partition coefficient (Wildman–Crippen LogP) is 4.21. The van der Waals surface area contributed by atoms with E-state index in [9.17, 15) is 22.4 Å². The first-order chi connectivity index (χ1) is 13.2. The first-order valence-corrected chi connectivity index (χ1v) is 9.12. The van der Waals surface area contributed by atoms with E-state index in [1.54, 1.807) is 6.07 Å². The lowest BCUT2D eigenvalue weighted by molar-refractivity contribution is -0.141. The van der Waals surface area contributed by atoms with Gasteiger partial charge in [0, 0.05) is 25.7 Å². The summed E-state index contributed by atoms with van der Waals surface area (Å²) in [5.41, 5.74) is -1.11. The van der Waals surface area contributed by atoms with Gasteiger partial charge in [-0.05, 0) is 24.7 Å². The van der Waals surface area contributed by atoms with Crippen molar-refractivity contribution < 1.29 is 22.4 Å². The van der Waals surface area contributed by atoms with Crippen LogP contribution in [0.4, 0.5) is 17.6 Å². The van der Waals surface area contributed by atoms with Crippen LogP contribution in [0.25, 0.3) is 0 Å². The lowest BCUT2D eigenvalue weighted by Gasteiger charge is -2.26. The van der Waals surface area contributed by atoms with Crippen LogP contribution in [0, 0.1) is 5.82 Å². The maximum atomic E-state index is 13.7. The minimum atomic E-state index is -4.64. The van der Waals surface area contributed by atoms with Gasteiger partial charge in [-0.1, -0.05) is 37.6 Å². The second kappa shape index (κ2) is 9.38. The molecule has 5 nitrogen and oxygen atoms in total. The number of hydrogen-bond donors (Lipinski definition) is 1. The van der Waals surface area contributed by atoms with Crippen LogP contribution in [0.1, 0.15) is 35.6 Å². The van der Waals surface area contributed by atoms with E-state index in [-0.39, 0.29) is 23.8 Å². The molecule has 10 heteroatoms. The topological polar surface area (TPSA) is 52.2 Å². The van der Waals surface area contributed by atoms with E-state index >= 15 is 0 Å². The fraction of sp³-hybridized carbons (Fsp3) is 0.444. The minimum absolute atomic E-state index is 0.0507. The Morgan fingerprint density at radius 1 is 1.21 bits per heavy atom. The van der Waals surface area contributed by atoms with Gasteiger partial charge in [0.1, 0.15) is 11.5 Å². The maximum Gasteiger partial charge on any atom is 0.432 e. The quantitative estimate of drug-likeness (QED) is 0.651. The summed E-state index contributed by atoms with van der Waals surface area (Å²) in [4.78, 5) is 16.2. The van der Waals surface area contributed by atoms with E-state index in [0.29, 0.717) is 18.2 Å². The number of carbonyl (C=O) groups excluding carboxylic acids is 1. The van der Waals surface area contributed by atoms with Gasteiger partial charge in [0.15, 0.2) is 5.69 Å². The average molecular weight is 421 g/mol. The monoisotopic (exact) mass is 420 g/mol. The van der Waals surface area contributed by atoms with Gasteiger partial charge in [-0.15, -0.1) is 0 Å². The van der Waals surface area contributed by atoms with Crippen molar-refractivity contribution in [1.82, 2.24) is 20.0 Å². The van der Waals surface area contributed by atoms with Crippen LogP contribution in [-0.2, 0) is 12.7 Å². The van der Waals surface area contributed by atoms with Crippen LogP contribution in [0.5, 0.6) is 0 Å². The number of hydrogen-bond acceptors (Lipinski definition) is 3. The van der Waals surface area contributed by atoms with Gasteiger partial charge in [-0.2, -0.15) is 18.3 Å². The molecule has 28 heavy (non-hydrogen) atoms. The zero-order valence-electron chi connectivity index (χ0n) is 15.5. The Morgan fingerprint density at radius 3 is 2.46 bits per heavy atom. The molecule has 1 N–H and O–H groups in total. The number of halogens is 5. The summed E-state index contributed by atoms with van der Waals surface area (Å²) in [7, 11) is 0. The normalized spacial score (nSPS) is 11.9. The van der Waals surface area contributed by atoms with Gasteiger partial charge in [0.05, 0.1) is 5.02 Å². The second-order valence-electron chi connectivity index (χ2n) is 6.13. The molecule has 0 saturated carbocycles. The fourth-order valence-corrected chi connectivity index (χ4v) is 2.85. The molecule has 2 aromatic rings. The number of nitrogens with zero attached hydrogens (tertiary/aromatic N) is 3. The molecule has 1 amide bonds. The molecule has 0 radical (unpaired) electrons. The number of aromatic amines is 1. The summed E-state index contributed by atoms with van der Waals surface area (Å²) in [6, 6.07) is 4.88. The third-order valence-electron chi connectivity index (χ3n) is 4.36. The third kappa shape index (κ3) is 5.45. The molecule has 0 aliphatic carbocycles. The highest BCUT2D eigenvalue weighted by molar-refractivity contribution is 6.31. The third-order valence-corrected chi connectivity index (χ3v) is 4.79. The fourth-order valence-electron chi connectivity index (χ4n) is 2.67. The van der Waals surface area contributed by atoms with E-state index in [4.69, 9.17) is 11.6 Å². The van der Waals surface area contributed by atoms with Crippen LogP contribution in [0.3, 0.4) is 0 Å². The van der Waals surface area contributed by atoms with Gasteiger partial charge >= 0.3 is 6.18 Å². The van der Waals surface area contributed by atoms with E-state index in [1.807, 2.05) is 18.9 Å². The van der Waals surface area contributed by atoms with Crippen LogP contribution in [0.2, 0.25) is 5.02 Å². The summed E-state index contributed by atoms with van der Waals surface area (Å²) in [6.45, 7) is 6.10. The molecule has 1 heterocycles. The van der Waals surface area contributed by atoms with Crippen molar-refractivity contribution >= 4 is 17.5 Å². The highest BCUT2D eigenvalue weighted by atomic mass is 35.5. The summed E-state index contributed by atoms with van der Waals surface area (Å²) < 4.78 is 52.1.